The summed E-state index contributed by atoms with van der Waals surface area (Å²) in [6, 6.07) is 13.0. The fourth-order valence-corrected chi connectivity index (χ4v) is 3.83. The van der Waals surface area contributed by atoms with Crippen LogP contribution in [-0.4, -0.2) is 18.4 Å². The number of nitrogens with zero attached hydrogens (tertiary/aromatic N) is 1. The summed E-state index contributed by atoms with van der Waals surface area (Å²) in [6.07, 6.45) is 5.61. The number of benzene rings is 2. The SMILES string of the molecule is CCC1C(=O)C=Cc2ccc(-c3ccc(C[C@@H](C#N)NC[C@@H](C)CC)c(F)c3)cc21. The van der Waals surface area contributed by atoms with Gasteiger partial charge >= 0.3 is 0 Å². The van der Waals surface area contributed by atoms with Crippen LogP contribution in [0.3, 0.4) is 0 Å². The third kappa shape index (κ3) is 4.86. The highest BCUT2D eigenvalue weighted by Gasteiger charge is 2.23. The maximum atomic E-state index is 14.8. The van der Waals surface area contributed by atoms with Crippen molar-refractivity contribution in [3.05, 3.63) is 65.0 Å². The molecule has 1 unspecified atom stereocenters. The molecule has 0 saturated heterocycles. The van der Waals surface area contributed by atoms with Gasteiger partial charge in [0.25, 0.3) is 0 Å². The number of carbonyl (C=O) groups is 1. The van der Waals surface area contributed by atoms with E-state index in [1.807, 2.05) is 37.3 Å². The van der Waals surface area contributed by atoms with Gasteiger partial charge in [-0.15, -0.1) is 0 Å². The van der Waals surface area contributed by atoms with Gasteiger partial charge in [-0.05, 0) is 64.9 Å². The van der Waals surface area contributed by atoms with E-state index in [2.05, 4.69) is 25.2 Å². The lowest BCUT2D eigenvalue weighted by molar-refractivity contribution is -0.116. The number of hydrogen-bond donors (Lipinski definition) is 1. The van der Waals surface area contributed by atoms with Crippen molar-refractivity contribution >= 4 is 11.9 Å². The molecule has 3 atom stereocenters. The first kappa shape index (κ1) is 21.9. The number of hydrogen-bond acceptors (Lipinski definition) is 3. The quantitative estimate of drug-likeness (QED) is 0.618. The first-order valence-corrected chi connectivity index (χ1v) is 10.7. The lowest BCUT2D eigenvalue weighted by atomic mass is 9.83. The molecule has 2 aromatic rings. The normalized spacial score (nSPS) is 17.3. The minimum absolute atomic E-state index is 0.121. The molecule has 4 heteroatoms. The number of rotatable bonds is 8. The van der Waals surface area contributed by atoms with Crippen LogP contribution in [0.15, 0.2) is 42.5 Å². The molecule has 0 aromatic heterocycles. The highest BCUT2D eigenvalue weighted by Crippen LogP contribution is 2.34. The number of halogens is 1. The predicted molar refractivity (Wildman–Crippen MR) is 119 cm³/mol. The number of nitrogens with one attached hydrogen (secondary N) is 1. The summed E-state index contributed by atoms with van der Waals surface area (Å²) in [6.45, 7) is 6.99. The number of fused-ring (bicyclic) bond motifs is 1. The fourth-order valence-electron chi connectivity index (χ4n) is 3.83. The Hall–Kier alpha value is -2.77. The Morgan fingerprint density at radius 3 is 2.53 bits per heavy atom. The van der Waals surface area contributed by atoms with E-state index in [0.29, 0.717) is 17.9 Å². The zero-order chi connectivity index (χ0) is 21.7. The molecule has 2 aromatic carbocycles. The second-order valence-corrected chi connectivity index (χ2v) is 8.15. The van der Waals surface area contributed by atoms with E-state index in [1.165, 1.54) is 6.07 Å². The molecule has 0 bridgehead atoms. The Bertz CT molecular complexity index is 989. The Morgan fingerprint density at radius 1 is 1.13 bits per heavy atom. The van der Waals surface area contributed by atoms with Gasteiger partial charge in [0, 0.05) is 12.3 Å². The summed E-state index contributed by atoms with van der Waals surface area (Å²) in [5.41, 5.74) is 4.26. The molecule has 0 saturated carbocycles. The van der Waals surface area contributed by atoms with Crippen LogP contribution in [0.4, 0.5) is 4.39 Å². The molecule has 3 nitrogen and oxygen atoms in total. The summed E-state index contributed by atoms with van der Waals surface area (Å²) < 4.78 is 14.8. The summed E-state index contributed by atoms with van der Waals surface area (Å²) in [5, 5.41) is 12.6. The molecule has 156 valence electrons. The minimum atomic E-state index is -0.411. The average molecular weight is 405 g/mol. The molecule has 0 spiro atoms. The van der Waals surface area contributed by atoms with Gasteiger partial charge in [0.05, 0.1) is 12.1 Å². The van der Waals surface area contributed by atoms with Crippen molar-refractivity contribution in [1.82, 2.24) is 5.32 Å². The van der Waals surface area contributed by atoms with Gasteiger partial charge < -0.3 is 5.32 Å². The molecule has 30 heavy (non-hydrogen) atoms. The van der Waals surface area contributed by atoms with Gasteiger partial charge in [-0.3, -0.25) is 4.79 Å². The largest absolute Gasteiger partial charge is 0.301 e. The maximum Gasteiger partial charge on any atom is 0.163 e. The molecule has 0 amide bonds. The molecular weight excluding hydrogens is 375 g/mol. The van der Waals surface area contributed by atoms with Crippen LogP contribution in [0.25, 0.3) is 17.2 Å². The summed E-state index contributed by atoms with van der Waals surface area (Å²) >= 11 is 0. The van der Waals surface area contributed by atoms with Gasteiger partial charge in [0.15, 0.2) is 5.78 Å². The molecule has 0 radical (unpaired) electrons. The Balaban J connectivity index is 1.80. The van der Waals surface area contributed by atoms with E-state index >= 15 is 0 Å². The Labute approximate surface area is 178 Å². The topological polar surface area (TPSA) is 52.9 Å². The molecule has 0 aliphatic heterocycles. The first-order valence-electron chi connectivity index (χ1n) is 10.7. The number of carbonyl (C=O) groups excluding carboxylic acids is 1. The van der Waals surface area contributed by atoms with Crippen molar-refractivity contribution in [2.24, 2.45) is 5.92 Å². The van der Waals surface area contributed by atoms with Gasteiger partial charge in [0.2, 0.25) is 0 Å². The lowest BCUT2D eigenvalue weighted by Gasteiger charge is -2.20. The Kier molecular flexibility index (Phi) is 7.18. The first-order chi connectivity index (χ1) is 14.5. The lowest BCUT2D eigenvalue weighted by Crippen LogP contribution is -2.33. The van der Waals surface area contributed by atoms with Crippen LogP contribution in [0.5, 0.6) is 0 Å². The molecule has 0 fully saturated rings. The molecule has 1 aliphatic carbocycles. The fraction of sp³-hybridized carbons (Fsp3) is 0.385. The van der Waals surface area contributed by atoms with Gasteiger partial charge in [-0.2, -0.15) is 5.26 Å². The van der Waals surface area contributed by atoms with Gasteiger partial charge in [-0.25, -0.2) is 4.39 Å². The smallest absolute Gasteiger partial charge is 0.163 e. The van der Waals surface area contributed by atoms with E-state index in [-0.39, 0.29) is 17.5 Å². The molecular formula is C26H29FN2O. The van der Waals surface area contributed by atoms with Crippen LogP contribution in [0.1, 0.15) is 56.2 Å². The standard InChI is InChI=1S/C26H29FN2O/c1-4-17(3)16-29-22(15-28)12-21-9-8-20(14-25(21)27)19-7-6-18-10-11-26(30)23(5-2)24(18)13-19/h6-11,13-14,17,22-23,29H,4-5,12,16H2,1-3H3/t17-,22-,23?/m0/s1. The summed E-state index contributed by atoms with van der Waals surface area (Å²) in [4.78, 5) is 12.2. The highest BCUT2D eigenvalue weighted by molar-refractivity contribution is 6.02. The average Bonchev–Trinajstić information content (AvgIpc) is 2.76. The van der Waals surface area contributed by atoms with Crippen LogP contribution in [0, 0.1) is 23.1 Å². The zero-order valence-electron chi connectivity index (χ0n) is 17.9. The van der Waals surface area contributed by atoms with Crippen molar-refractivity contribution in [1.29, 1.82) is 5.26 Å². The van der Waals surface area contributed by atoms with Crippen LogP contribution >= 0.6 is 0 Å². The van der Waals surface area contributed by atoms with Crippen LogP contribution in [-0.2, 0) is 11.2 Å². The van der Waals surface area contributed by atoms with E-state index in [0.717, 1.165) is 41.6 Å². The van der Waals surface area contributed by atoms with E-state index in [4.69, 9.17) is 0 Å². The van der Waals surface area contributed by atoms with Gasteiger partial charge in [-0.1, -0.05) is 57.5 Å². The third-order valence-corrected chi connectivity index (χ3v) is 6.02. The van der Waals surface area contributed by atoms with Crippen molar-refractivity contribution in [3.63, 3.8) is 0 Å². The second-order valence-electron chi connectivity index (χ2n) is 8.15. The van der Waals surface area contributed by atoms with Crippen LogP contribution < -0.4 is 5.32 Å². The Morgan fingerprint density at radius 2 is 1.87 bits per heavy atom. The van der Waals surface area contributed by atoms with E-state index in [1.54, 1.807) is 12.1 Å². The molecule has 3 rings (SSSR count). The third-order valence-electron chi connectivity index (χ3n) is 6.02. The van der Waals surface area contributed by atoms with Crippen molar-refractivity contribution < 1.29 is 9.18 Å². The summed E-state index contributed by atoms with van der Waals surface area (Å²) in [5.74, 6) is 0.155. The van der Waals surface area contributed by atoms with Gasteiger partial charge in [0.1, 0.15) is 5.82 Å². The van der Waals surface area contributed by atoms with Crippen LogP contribution in [0.2, 0.25) is 0 Å². The van der Waals surface area contributed by atoms with Crippen molar-refractivity contribution in [3.8, 4) is 17.2 Å². The van der Waals surface area contributed by atoms with Crippen molar-refractivity contribution in [2.75, 3.05) is 6.54 Å². The number of ketones is 1. The monoisotopic (exact) mass is 404 g/mol. The number of nitriles is 1. The molecule has 1 aliphatic rings. The van der Waals surface area contributed by atoms with E-state index in [9.17, 15) is 14.4 Å². The maximum absolute atomic E-state index is 14.8. The zero-order valence-corrected chi connectivity index (χ0v) is 17.9. The predicted octanol–water partition coefficient (Wildman–Crippen LogP) is 5.65. The van der Waals surface area contributed by atoms with E-state index < -0.39 is 6.04 Å². The summed E-state index contributed by atoms with van der Waals surface area (Å²) in [7, 11) is 0. The highest BCUT2D eigenvalue weighted by atomic mass is 19.1. The molecule has 1 N–H and O–H groups in total. The molecule has 0 heterocycles. The van der Waals surface area contributed by atoms with Crippen molar-refractivity contribution in [2.45, 2.75) is 52.0 Å². The minimum Gasteiger partial charge on any atom is -0.301 e. The number of allylic oxidation sites excluding steroid dienone is 1. The second kappa shape index (κ2) is 9.82.